The van der Waals surface area contributed by atoms with Gasteiger partial charge in [-0.05, 0) is 47.0 Å². The van der Waals surface area contributed by atoms with Crippen LogP contribution in [0.3, 0.4) is 0 Å². The van der Waals surface area contributed by atoms with E-state index in [0.717, 1.165) is 0 Å². The number of carbonyl (C=O) groups is 2. The van der Waals surface area contributed by atoms with Crippen LogP contribution >= 0.6 is 15.9 Å². The summed E-state index contributed by atoms with van der Waals surface area (Å²) in [5.74, 6) is -2.08. The highest BCUT2D eigenvalue weighted by Crippen LogP contribution is 2.19. The van der Waals surface area contributed by atoms with E-state index in [-0.39, 0.29) is 17.1 Å². The highest BCUT2D eigenvalue weighted by Gasteiger charge is 2.17. The maximum atomic E-state index is 13.0. The molecule has 1 aromatic rings. The number of aliphatic hydroxyl groups excluding tert-OH is 1. The van der Waals surface area contributed by atoms with Crippen molar-refractivity contribution in [3.8, 4) is 0 Å². The third kappa shape index (κ3) is 4.90. The molecule has 110 valence electrons. The standard InChI is InChI=1S/C13H16BrFN2O3/c1-2-8(5-6-18)16-12(19)13(20)17-9-3-4-11(15)10(14)7-9/h3-4,7-8,18H,2,5-6H2,1H3,(H,16,19)(H,17,20). The van der Waals surface area contributed by atoms with Gasteiger partial charge in [-0.3, -0.25) is 9.59 Å². The predicted molar refractivity (Wildman–Crippen MR) is 76.7 cm³/mol. The van der Waals surface area contributed by atoms with Crippen molar-refractivity contribution in [2.24, 2.45) is 0 Å². The summed E-state index contributed by atoms with van der Waals surface area (Å²) in [7, 11) is 0. The monoisotopic (exact) mass is 346 g/mol. The molecule has 0 bridgehead atoms. The minimum atomic E-state index is -0.833. The van der Waals surface area contributed by atoms with E-state index in [1.165, 1.54) is 18.2 Å². The van der Waals surface area contributed by atoms with Gasteiger partial charge in [0.25, 0.3) is 0 Å². The van der Waals surface area contributed by atoms with Gasteiger partial charge in [0.15, 0.2) is 0 Å². The van der Waals surface area contributed by atoms with Gasteiger partial charge in [-0.25, -0.2) is 4.39 Å². The zero-order valence-electron chi connectivity index (χ0n) is 11.0. The smallest absolute Gasteiger partial charge is 0.313 e. The summed E-state index contributed by atoms with van der Waals surface area (Å²) in [6.45, 7) is 1.78. The van der Waals surface area contributed by atoms with Gasteiger partial charge in [-0.2, -0.15) is 0 Å². The van der Waals surface area contributed by atoms with E-state index in [1.54, 1.807) is 0 Å². The van der Waals surface area contributed by atoms with Gasteiger partial charge >= 0.3 is 11.8 Å². The fourth-order valence-corrected chi connectivity index (χ4v) is 1.93. The minimum absolute atomic E-state index is 0.0642. The predicted octanol–water partition coefficient (Wildman–Crippen LogP) is 1.80. The van der Waals surface area contributed by atoms with Crippen molar-refractivity contribution in [3.63, 3.8) is 0 Å². The number of hydrogen-bond acceptors (Lipinski definition) is 3. The fourth-order valence-electron chi connectivity index (χ4n) is 1.55. The normalized spacial score (nSPS) is 11.8. The van der Waals surface area contributed by atoms with Gasteiger partial charge in [0.05, 0.1) is 4.47 Å². The molecule has 3 N–H and O–H groups in total. The molecule has 0 aliphatic heterocycles. The second kappa shape index (κ2) is 7.96. The summed E-state index contributed by atoms with van der Waals surface area (Å²) < 4.78 is 13.2. The molecule has 20 heavy (non-hydrogen) atoms. The number of anilines is 1. The Kier molecular flexibility index (Phi) is 6.60. The number of carbonyl (C=O) groups excluding carboxylic acids is 2. The molecule has 7 heteroatoms. The third-order valence-corrected chi connectivity index (χ3v) is 3.30. The number of amides is 2. The highest BCUT2D eigenvalue weighted by atomic mass is 79.9. The average Bonchev–Trinajstić information content (AvgIpc) is 2.42. The first kappa shape index (κ1) is 16.6. The van der Waals surface area contributed by atoms with Crippen molar-refractivity contribution in [2.45, 2.75) is 25.8 Å². The van der Waals surface area contributed by atoms with Crippen LogP contribution in [0.15, 0.2) is 22.7 Å². The van der Waals surface area contributed by atoms with Crippen LogP contribution < -0.4 is 10.6 Å². The Morgan fingerprint density at radius 3 is 2.65 bits per heavy atom. The molecule has 1 aromatic carbocycles. The first-order chi connectivity index (χ1) is 9.47. The lowest BCUT2D eigenvalue weighted by molar-refractivity contribution is -0.136. The van der Waals surface area contributed by atoms with E-state index in [2.05, 4.69) is 26.6 Å². The van der Waals surface area contributed by atoms with Gasteiger partial charge < -0.3 is 15.7 Å². The maximum absolute atomic E-state index is 13.0. The van der Waals surface area contributed by atoms with Crippen LogP contribution in [0.2, 0.25) is 0 Å². The Labute approximate surface area is 124 Å². The Morgan fingerprint density at radius 1 is 1.40 bits per heavy atom. The van der Waals surface area contributed by atoms with Crippen LogP contribution in [0, 0.1) is 5.82 Å². The Bertz CT molecular complexity index is 497. The molecule has 1 rings (SSSR count). The van der Waals surface area contributed by atoms with Crippen molar-refractivity contribution in [1.82, 2.24) is 5.32 Å². The molecule has 0 aromatic heterocycles. The highest BCUT2D eigenvalue weighted by molar-refractivity contribution is 9.10. The number of benzene rings is 1. The number of nitrogens with one attached hydrogen (secondary N) is 2. The van der Waals surface area contributed by atoms with E-state index < -0.39 is 17.6 Å². The molecule has 2 amide bonds. The van der Waals surface area contributed by atoms with Crippen LogP contribution in [0.4, 0.5) is 10.1 Å². The molecular weight excluding hydrogens is 331 g/mol. The van der Waals surface area contributed by atoms with E-state index in [4.69, 9.17) is 5.11 Å². The molecule has 1 atom stereocenters. The van der Waals surface area contributed by atoms with Crippen LogP contribution in [0.25, 0.3) is 0 Å². The first-order valence-corrected chi connectivity index (χ1v) is 6.95. The average molecular weight is 347 g/mol. The van der Waals surface area contributed by atoms with Gasteiger partial charge in [0, 0.05) is 18.3 Å². The molecule has 0 saturated heterocycles. The maximum Gasteiger partial charge on any atom is 0.313 e. The van der Waals surface area contributed by atoms with Gasteiger partial charge in [-0.15, -0.1) is 0 Å². The molecule has 0 heterocycles. The van der Waals surface area contributed by atoms with Crippen LogP contribution in [-0.2, 0) is 9.59 Å². The SMILES string of the molecule is CCC(CCO)NC(=O)C(=O)Nc1ccc(F)c(Br)c1. The van der Waals surface area contributed by atoms with Gasteiger partial charge in [-0.1, -0.05) is 6.92 Å². The van der Waals surface area contributed by atoms with E-state index >= 15 is 0 Å². The minimum Gasteiger partial charge on any atom is -0.396 e. The van der Waals surface area contributed by atoms with Crippen molar-refractivity contribution in [3.05, 3.63) is 28.5 Å². The van der Waals surface area contributed by atoms with Crippen molar-refractivity contribution in [1.29, 1.82) is 0 Å². The quantitative estimate of drug-likeness (QED) is 0.711. The Hall–Kier alpha value is -1.47. The van der Waals surface area contributed by atoms with Crippen LogP contribution in [-0.4, -0.2) is 29.6 Å². The molecule has 0 aliphatic rings. The molecule has 0 saturated carbocycles. The summed E-state index contributed by atoms with van der Waals surface area (Å²) >= 11 is 2.99. The van der Waals surface area contributed by atoms with Crippen molar-refractivity contribution in [2.75, 3.05) is 11.9 Å². The summed E-state index contributed by atoms with van der Waals surface area (Å²) in [5.41, 5.74) is 0.314. The molecule has 0 aliphatic carbocycles. The largest absolute Gasteiger partial charge is 0.396 e. The molecule has 0 radical (unpaired) electrons. The zero-order chi connectivity index (χ0) is 15.1. The lowest BCUT2D eigenvalue weighted by Crippen LogP contribution is -2.42. The summed E-state index contributed by atoms with van der Waals surface area (Å²) in [5, 5.41) is 13.7. The summed E-state index contributed by atoms with van der Waals surface area (Å²) in [4.78, 5) is 23.3. The number of rotatable bonds is 5. The number of hydrogen-bond donors (Lipinski definition) is 3. The first-order valence-electron chi connectivity index (χ1n) is 6.15. The number of aliphatic hydroxyl groups is 1. The van der Waals surface area contributed by atoms with E-state index in [0.29, 0.717) is 18.5 Å². The lowest BCUT2D eigenvalue weighted by atomic mass is 10.1. The fraction of sp³-hybridized carbons (Fsp3) is 0.385. The molecule has 0 spiro atoms. The molecule has 1 unspecified atom stereocenters. The second-order valence-corrected chi connectivity index (χ2v) is 5.03. The molecular formula is C13H16BrFN2O3. The molecule has 5 nitrogen and oxygen atoms in total. The molecule has 0 fully saturated rings. The summed E-state index contributed by atoms with van der Waals surface area (Å²) in [6, 6.07) is 3.65. The van der Waals surface area contributed by atoms with Crippen LogP contribution in [0.1, 0.15) is 19.8 Å². The Balaban J connectivity index is 2.61. The Morgan fingerprint density at radius 2 is 2.10 bits per heavy atom. The summed E-state index contributed by atoms with van der Waals surface area (Å²) in [6.07, 6.45) is 0.999. The van der Waals surface area contributed by atoms with E-state index in [1.807, 2.05) is 6.92 Å². The van der Waals surface area contributed by atoms with Gasteiger partial charge in [0.2, 0.25) is 0 Å². The number of halogens is 2. The van der Waals surface area contributed by atoms with Crippen molar-refractivity contribution < 1.29 is 19.1 Å². The topological polar surface area (TPSA) is 78.4 Å². The van der Waals surface area contributed by atoms with Crippen LogP contribution in [0.5, 0.6) is 0 Å². The van der Waals surface area contributed by atoms with E-state index in [9.17, 15) is 14.0 Å². The third-order valence-electron chi connectivity index (χ3n) is 2.69. The van der Waals surface area contributed by atoms with Crippen molar-refractivity contribution >= 4 is 33.4 Å². The van der Waals surface area contributed by atoms with Gasteiger partial charge in [0.1, 0.15) is 5.82 Å². The lowest BCUT2D eigenvalue weighted by Gasteiger charge is -2.15. The second-order valence-electron chi connectivity index (χ2n) is 4.17. The zero-order valence-corrected chi connectivity index (χ0v) is 12.5.